The van der Waals surface area contributed by atoms with Crippen LogP contribution < -0.4 is 10.2 Å². The second kappa shape index (κ2) is 9.85. The van der Waals surface area contributed by atoms with Crippen LogP contribution in [0.2, 0.25) is 10.0 Å². The SMILES string of the molecule is CC1(C)CCN(C(=O)C2(NC(=O)c3cnc4n3[C@](C)(Cc3ccc(C#N)cc3)C(=O)N4c3cc(Cl)cc(Cl)c3)CC2)C1. The van der Waals surface area contributed by atoms with Crippen LogP contribution in [-0.2, 0) is 21.5 Å². The fourth-order valence-corrected chi connectivity index (χ4v) is 6.63. The van der Waals surface area contributed by atoms with E-state index in [9.17, 15) is 19.6 Å². The van der Waals surface area contributed by atoms with Gasteiger partial charge < -0.3 is 10.2 Å². The number of nitrogens with zero attached hydrogens (tertiary/aromatic N) is 5. The molecular weight excluding hydrogens is 575 g/mol. The molecule has 0 spiro atoms. The molecule has 2 fully saturated rings. The third-order valence-electron chi connectivity index (χ3n) is 8.55. The van der Waals surface area contributed by atoms with Crippen LogP contribution in [0, 0.1) is 16.7 Å². The van der Waals surface area contributed by atoms with Crippen molar-refractivity contribution in [3.63, 3.8) is 0 Å². The van der Waals surface area contributed by atoms with Crippen LogP contribution in [0.4, 0.5) is 11.6 Å². The fourth-order valence-electron chi connectivity index (χ4n) is 6.11. The maximum atomic E-state index is 14.2. The second-order valence-corrected chi connectivity index (χ2v) is 13.4. The Balaban J connectivity index is 1.38. The average molecular weight is 606 g/mol. The highest BCUT2D eigenvalue weighted by molar-refractivity contribution is 6.35. The summed E-state index contributed by atoms with van der Waals surface area (Å²) in [5, 5.41) is 12.9. The summed E-state index contributed by atoms with van der Waals surface area (Å²) in [7, 11) is 0. The van der Waals surface area contributed by atoms with Crippen LogP contribution in [0.15, 0.2) is 48.7 Å². The predicted octanol–water partition coefficient (Wildman–Crippen LogP) is 5.22. The first-order valence-electron chi connectivity index (χ1n) is 13.9. The molecule has 3 aromatic rings. The van der Waals surface area contributed by atoms with E-state index >= 15 is 0 Å². The largest absolute Gasteiger partial charge is 0.340 e. The molecule has 2 aromatic carbocycles. The number of aromatic nitrogens is 2. The maximum absolute atomic E-state index is 14.2. The molecule has 3 heterocycles. The molecule has 0 radical (unpaired) electrons. The minimum Gasteiger partial charge on any atom is -0.340 e. The number of likely N-dealkylation sites (tertiary alicyclic amines) is 1. The molecule has 1 atom stereocenters. The molecule has 3 amide bonds. The van der Waals surface area contributed by atoms with Crippen LogP contribution in [0.5, 0.6) is 0 Å². The Labute approximate surface area is 254 Å². The Morgan fingerprint density at radius 2 is 1.71 bits per heavy atom. The Morgan fingerprint density at radius 1 is 1.05 bits per heavy atom. The minimum absolute atomic E-state index is 0.0440. The van der Waals surface area contributed by atoms with Crippen molar-refractivity contribution in [2.75, 3.05) is 18.0 Å². The first kappa shape index (κ1) is 28.3. The van der Waals surface area contributed by atoms with Crippen LogP contribution in [-0.4, -0.2) is 50.8 Å². The van der Waals surface area contributed by atoms with Crippen molar-refractivity contribution in [3.05, 3.63) is 75.5 Å². The third-order valence-corrected chi connectivity index (χ3v) is 8.98. The van der Waals surface area contributed by atoms with Crippen LogP contribution in [0.3, 0.4) is 0 Å². The number of hydrogen-bond donors (Lipinski definition) is 1. The lowest BCUT2D eigenvalue weighted by Gasteiger charge is -2.28. The number of anilines is 2. The van der Waals surface area contributed by atoms with Gasteiger partial charge in [0.05, 0.1) is 23.5 Å². The summed E-state index contributed by atoms with van der Waals surface area (Å²) in [6, 6.07) is 13.9. The molecule has 9 nitrogen and oxygen atoms in total. The van der Waals surface area contributed by atoms with Gasteiger partial charge in [0.25, 0.3) is 11.8 Å². The lowest BCUT2D eigenvalue weighted by atomic mass is 9.91. The number of rotatable bonds is 6. The number of nitriles is 1. The Kier molecular flexibility index (Phi) is 6.63. The number of nitrogens with one attached hydrogen (secondary N) is 1. The Morgan fingerprint density at radius 3 is 2.29 bits per heavy atom. The Hall–Kier alpha value is -3.87. The van der Waals surface area contributed by atoms with Crippen molar-refractivity contribution in [2.45, 2.75) is 57.5 Å². The molecule has 1 aromatic heterocycles. The van der Waals surface area contributed by atoms with E-state index in [1.807, 2.05) is 4.90 Å². The molecule has 42 heavy (non-hydrogen) atoms. The van der Waals surface area contributed by atoms with Gasteiger partial charge in [-0.1, -0.05) is 49.2 Å². The van der Waals surface area contributed by atoms with Gasteiger partial charge in [0, 0.05) is 29.6 Å². The smallest absolute Gasteiger partial charge is 0.270 e. The highest BCUT2D eigenvalue weighted by Crippen LogP contribution is 2.45. The third kappa shape index (κ3) is 4.73. The van der Waals surface area contributed by atoms with Crippen LogP contribution in [0.25, 0.3) is 0 Å². The summed E-state index contributed by atoms with van der Waals surface area (Å²) in [4.78, 5) is 49.4. The lowest BCUT2D eigenvalue weighted by molar-refractivity contribution is -0.133. The maximum Gasteiger partial charge on any atom is 0.270 e. The van der Waals surface area contributed by atoms with Crippen molar-refractivity contribution in [1.82, 2.24) is 19.8 Å². The number of fused-ring (bicyclic) bond motifs is 1. The highest BCUT2D eigenvalue weighted by Gasteiger charge is 2.56. The molecular formula is C31H30Cl2N6O3. The summed E-state index contributed by atoms with van der Waals surface area (Å²) < 4.78 is 1.64. The number of imidazole rings is 1. The number of carbonyl (C=O) groups is 3. The minimum atomic E-state index is -1.26. The number of hydrogen-bond acceptors (Lipinski definition) is 5. The monoisotopic (exact) mass is 604 g/mol. The molecule has 3 aliphatic rings. The molecule has 1 saturated heterocycles. The van der Waals surface area contributed by atoms with Gasteiger partial charge >= 0.3 is 0 Å². The standard InChI is InChI=1S/C31H30Cl2N6O3/c1-29(2)10-11-37(18-29)27(42)31(8-9-31)36-25(40)24-17-35-28-38(23-13-21(32)12-22(33)14-23)26(41)30(3,39(24)28)15-19-4-6-20(16-34)7-5-19/h4-7,12-14,17H,8-11,15,18H2,1-3H3,(H,36,40)/t30-/m1/s1. The van der Waals surface area contributed by atoms with E-state index in [0.29, 0.717) is 47.2 Å². The molecule has 1 aliphatic carbocycles. The number of benzene rings is 2. The summed E-state index contributed by atoms with van der Waals surface area (Å²) in [6.45, 7) is 7.35. The average Bonchev–Trinajstić information content (AvgIpc) is 3.32. The van der Waals surface area contributed by atoms with Gasteiger partial charge in [-0.15, -0.1) is 0 Å². The summed E-state index contributed by atoms with van der Waals surface area (Å²) >= 11 is 12.6. The van der Waals surface area contributed by atoms with Gasteiger partial charge in [-0.25, -0.2) is 9.88 Å². The molecule has 0 unspecified atom stereocenters. The zero-order valence-corrected chi connectivity index (χ0v) is 25.1. The van der Waals surface area contributed by atoms with Gasteiger partial charge in [0.2, 0.25) is 11.9 Å². The van der Waals surface area contributed by atoms with Gasteiger partial charge in [-0.2, -0.15) is 5.26 Å². The summed E-state index contributed by atoms with van der Waals surface area (Å²) in [6.07, 6.45) is 3.69. The number of halogens is 2. The fraction of sp³-hybridized carbons (Fsp3) is 0.387. The van der Waals surface area contributed by atoms with Crippen molar-refractivity contribution >= 4 is 52.6 Å². The van der Waals surface area contributed by atoms with Crippen LogP contribution >= 0.6 is 23.2 Å². The zero-order valence-electron chi connectivity index (χ0n) is 23.6. The van der Waals surface area contributed by atoms with Gasteiger partial charge in [0.15, 0.2) is 0 Å². The molecule has 6 rings (SSSR count). The molecule has 1 N–H and O–H groups in total. The molecule has 1 saturated carbocycles. The van der Waals surface area contributed by atoms with E-state index in [0.717, 1.165) is 12.0 Å². The first-order chi connectivity index (χ1) is 19.9. The lowest BCUT2D eigenvalue weighted by Crippen LogP contribution is -2.51. The highest BCUT2D eigenvalue weighted by atomic mass is 35.5. The Bertz CT molecular complexity index is 1650. The molecule has 216 valence electrons. The summed E-state index contributed by atoms with van der Waals surface area (Å²) in [5.41, 5.74) is -0.275. The van der Waals surface area contributed by atoms with E-state index in [-0.39, 0.29) is 35.3 Å². The first-order valence-corrected chi connectivity index (χ1v) is 14.6. The van der Waals surface area contributed by atoms with E-state index in [2.05, 4.69) is 30.2 Å². The second-order valence-electron chi connectivity index (χ2n) is 12.5. The zero-order chi connectivity index (χ0) is 30.0. The van der Waals surface area contributed by atoms with Crippen molar-refractivity contribution in [1.29, 1.82) is 5.26 Å². The van der Waals surface area contributed by atoms with Gasteiger partial charge in [-0.3, -0.25) is 19.0 Å². The van der Waals surface area contributed by atoms with E-state index in [1.165, 1.54) is 11.1 Å². The quantitative estimate of drug-likeness (QED) is 0.414. The van der Waals surface area contributed by atoms with E-state index in [4.69, 9.17) is 23.2 Å². The van der Waals surface area contributed by atoms with Gasteiger partial charge in [0.1, 0.15) is 16.8 Å². The normalized spacial score (nSPS) is 21.7. The molecule has 11 heteroatoms. The topological polar surface area (TPSA) is 111 Å². The predicted molar refractivity (Wildman–Crippen MR) is 159 cm³/mol. The molecule has 0 bridgehead atoms. The van der Waals surface area contributed by atoms with Crippen LogP contribution in [0.1, 0.15) is 61.6 Å². The van der Waals surface area contributed by atoms with Crippen molar-refractivity contribution in [2.24, 2.45) is 5.41 Å². The van der Waals surface area contributed by atoms with Gasteiger partial charge in [-0.05, 0) is 67.5 Å². The molecule has 2 aliphatic heterocycles. The van der Waals surface area contributed by atoms with Crippen molar-refractivity contribution < 1.29 is 14.4 Å². The number of carbonyl (C=O) groups excluding carboxylic acids is 3. The summed E-state index contributed by atoms with van der Waals surface area (Å²) in [5.74, 6) is -0.604. The number of amides is 3. The van der Waals surface area contributed by atoms with E-state index in [1.54, 1.807) is 54.0 Å². The van der Waals surface area contributed by atoms with E-state index < -0.39 is 17.0 Å². The van der Waals surface area contributed by atoms with Crippen molar-refractivity contribution in [3.8, 4) is 6.07 Å².